The van der Waals surface area contributed by atoms with Gasteiger partial charge in [0.1, 0.15) is 11.9 Å². The Hall–Kier alpha value is -0.940. The molecular formula is C15H26O5. The monoisotopic (exact) mass is 286 g/mol. The molecule has 1 aliphatic rings. The zero-order valence-electron chi connectivity index (χ0n) is 13.1. The number of carbonyl (C=O) groups is 2. The molecule has 5 heteroatoms. The van der Waals surface area contributed by atoms with Crippen molar-refractivity contribution in [1.82, 2.24) is 0 Å². The number of rotatable bonds is 4. The van der Waals surface area contributed by atoms with Gasteiger partial charge in [0.15, 0.2) is 0 Å². The van der Waals surface area contributed by atoms with Gasteiger partial charge in [-0.2, -0.15) is 0 Å². The fourth-order valence-corrected chi connectivity index (χ4v) is 2.61. The molecule has 0 aromatic carbocycles. The number of aliphatic hydroxyl groups is 1. The maximum atomic E-state index is 11.2. The molecule has 0 radical (unpaired) electrons. The third kappa shape index (κ3) is 4.56. The van der Waals surface area contributed by atoms with Crippen LogP contribution in [0.3, 0.4) is 0 Å². The lowest BCUT2D eigenvalue weighted by atomic mass is 9.89. The van der Waals surface area contributed by atoms with E-state index >= 15 is 0 Å². The van der Waals surface area contributed by atoms with Crippen LogP contribution in [0.2, 0.25) is 0 Å². The van der Waals surface area contributed by atoms with E-state index in [-0.39, 0.29) is 11.8 Å². The maximum absolute atomic E-state index is 11.2. The number of carbonyl (C=O) groups excluding carboxylic acids is 2. The predicted octanol–water partition coefficient (Wildman–Crippen LogP) is 2.00. The van der Waals surface area contributed by atoms with Crippen molar-refractivity contribution in [3.8, 4) is 0 Å². The van der Waals surface area contributed by atoms with Crippen molar-refractivity contribution in [2.24, 2.45) is 0 Å². The highest BCUT2D eigenvalue weighted by atomic mass is 16.6. The minimum absolute atomic E-state index is 0.0722. The van der Waals surface area contributed by atoms with Gasteiger partial charge in [-0.05, 0) is 47.0 Å². The van der Waals surface area contributed by atoms with Gasteiger partial charge in [-0.1, -0.05) is 0 Å². The number of esters is 1. The lowest BCUT2D eigenvalue weighted by molar-refractivity contribution is -0.186. The van der Waals surface area contributed by atoms with Crippen molar-refractivity contribution < 1.29 is 24.2 Å². The minimum Gasteiger partial charge on any atom is -0.460 e. The van der Waals surface area contributed by atoms with Crippen LogP contribution in [0.5, 0.6) is 0 Å². The molecule has 20 heavy (non-hydrogen) atoms. The van der Waals surface area contributed by atoms with E-state index in [0.717, 1.165) is 0 Å². The Bertz CT molecular complexity index is 372. The molecule has 1 rings (SSSR count). The van der Waals surface area contributed by atoms with Crippen molar-refractivity contribution in [1.29, 1.82) is 0 Å². The lowest BCUT2D eigenvalue weighted by Crippen LogP contribution is -2.46. The molecule has 0 aromatic heterocycles. The van der Waals surface area contributed by atoms with Gasteiger partial charge in [-0.25, -0.2) is 0 Å². The normalized spacial score (nSPS) is 33.3. The molecule has 0 saturated carbocycles. The van der Waals surface area contributed by atoms with E-state index in [1.807, 2.05) is 13.8 Å². The zero-order valence-corrected chi connectivity index (χ0v) is 13.1. The number of hydrogen-bond donors (Lipinski definition) is 1. The lowest BCUT2D eigenvalue weighted by Gasteiger charge is -2.36. The first-order valence-electron chi connectivity index (χ1n) is 7.11. The smallest absolute Gasteiger partial charge is 0.303 e. The molecular weight excluding hydrogens is 260 g/mol. The summed E-state index contributed by atoms with van der Waals surface area (Å²) >= 11 is 0. The highest BCUT2D eigenvalue weighted by Gasteiger charge is 2.45. The second-order valence-electron chi connectivity index (χ2n) is 6.44. The third-order valence-electron chi connectivity index (χ3n) is 3.89. The van der Waals surface area contributed by atoms with E-state index in [4.69, 9.17) is 9.47 Å². The molecule has 1 N–H and O–H groups in total. The van der Waals surface area contributed by atoms with E-state index in [0.29, 0.717) is 25.7 Å². The Balaban J connectivity index is 2.87. The summed E-state index contributed by atoms with van der Waals surface area (Å²) in [5.74, 6) is -0.281. The van der Waals surface area contributed by atoms with Crippen molar-refractivity contribution in [3.63, 3.8) is 0 Å². The molecule has 1 fully saturated rings. The first kappa shape index (κ1) is 17.1. The summed E-state index contributed by atoms with van der Waals surface area (Å²) in [5.41, 5.74) is -1.71. The van der Waals surface area contributed by atoms with Crippen LogP contribution in [0, 0.1) is 0 Å². The van der Waals surface area contributed by atoms with Gasteiger partial charge in [-0.15, -0.1) is 0 Å². The van der Waals surface area contributed by atoms with Crippen molar-refractivity contribution in [2.75, 3.05) is 0 Å². The molecule has 0 unspecified atom stereocenters. The van der Waals surface area contributed by atoms with Gasteiger partial charge in [-0.3, -0.25) is 4.79 Å². The Morgan fingerprint density at radius 2 is 1.90 bits per heavy atom. The summed E-state index contributed by atoms with van der Waals surface area (Å²) in [4.78, 5) is 22.3. The summed E-state index contributed by atoms with van der Waals surface area (Å²) in [6, 6.07) is 0. The van der Waals surface area contributed by atoms with Crippen LogP contribution in [0.25, 0.3) is 0 Å². The SMILES string of the molecule is CC(=O)CC[C@H]1OC(C)(C)[C@H](OC(C)=O)CC[C@]1(C)O. The Labute approximate surface area is 120 Å². The first-order valence-corrected chi connectivity index (χ1v) is 7.11. The van der Waals surface area contributed by atoms with Gasteiger partial charge in [0.05, 0.1) is 17.3 Å². The van der Waals surface area contributed by atoms with E-state index in [9.17, 15) is 14.7 Å². The Morgan fingerprint density at radius 3 is 2.40 bits per heavy atom. The molecule has 1 heterocycles. The van der Waals surface area contributed by atoms with Crippen LogP contribution in [0.15, 0.2) is 0 Å². The number of ketones is 1. The zero-order chi connectivity index (χ0) is 15.6. The van der Waals surface area contributed by atoms with Crippen molar-refractivity contribution in [2.45, 2.75) is 83.7 Å². The quantitative estimate of drug-likeness (QED) is 0.800. The third-order valence-corrected chi connectivity index (χ3v) is 3.89. The second-order valence-corrected chi connectivity index (χ2v) is 6.44. The van der Waals surface area contributed by atoms with Crippen LogP contribution in [-0.4, -0.2) is 40.3 Å². The van der Waals surface area contributed by atoms with Gasteiger partial charge < -0.3 is 19.4 Å². The van der Waals surface area contributed by atoms with Crippen LogP contribution in [-0.2, 0) is 19.1 Å². The molecule has 0 amide bonds. The fourth-order valence-electron chi connectivity index (χ4n) is 2.61. The van der Waals surface area contributed by atoms with Gasteiger partial charge >= 0.3 is 5.97 Å². The highest BCUT2D eigenvalue weighted by Crippen LogP contribution is 2.36. The summed E-state index contributed by atoms with van der Waals surface area (Å²) in [5, 5.41) is 10.5. The molecule has 0 bridgehead atoms. The average molecular weight is 286 g/mol. The molecule has 3 atom stereocenters. The highest BCUT2D eigenvalue weighted by molar-refractivity contribution is 5.75. The first-order chi connectivity index (χ1) is 9.04. The summed E-state index contributed by atoms with van der Waals surface area (Å²) in [6.07, 6.45) is 1.01. The number of Topliss-reactive ketones (excluding diaryl/α,β-unsaturated/α-hetero) is 1. The van der Waals surface area contributed by atoms with Crippen molar-refractivity contribution >= 4 is 11.8 Å². The molecule has 1 saturated heterocycles. The predicted molar refractivity (Wildman–Crippen MR) is 74.3 cm³/mol. The fraction of sp³-hybridized carbons (Fsp3) is 0.867. The minimum atomic E-state index is -1.03. The molecule has 0 aromatic rings. The molecule has 0 aliphatic carbocycles. The summed E-state index contributed by atoms with van der Waals surface area (Å²) in [7, 11) is 0. The standard InChI is InChI=1S/C15H26O5/c1-10(16)6-7-13-15(5,18)9-8-12(19-11(2)17)14(3,4)20-13/h12-13,18H,6-9H2,1-5H3/t12-,13-,15+/m1/s1. The average Bonchev–Trinajstić information content (AvgIpc) is 2.35. The second kappa shape index (κ2) is 6.22. The molecule has 0 spiro atoms. The van der Waals surface area contributed by atoms with Crippen LogP contribution < -0.4 is 0 Å². The van der Waals surface area contributed by atoms with E-state index < -0.39 is 23.4 Å². The molecule has 1 aliphatic heterocycles. The van der Waals surface area contributed by atoms with E-state index in [1.54, 1.807) is 6.92 Å². The molecule has 5 nitrogen and oxygen atoms in total. The maximum Gasteiger partial charge on any atom is 0.303 e. The van der Waals surface area contributed by atoms with Crippen molar-refractivity contribution in [3.05, 3.63) is 0 Å². The van der Waals surface area contributed by atoms with Gasteiger partial charge in [0, 0.05) is 13.3 Å². The summed E-state index contributed by atoms with van der Waals surface area (Å²) < 4.78 is 11.3. The van der Waals surface area contributed by atoms with Crippen LogP contribution >= 0.6 is 0 Å². The Morgan fingerprint density at radius 1 is 1.30 bits per heavy atom. The van der Waals surface area contributed by atoms with Crippen LogP contribution in [0.1, 0.15) is 60.3 Å². The van der Waals surface area contributed by atoms with Crippen LogP contribution in [0.4, 0.5) is 0 Å². The van der Waals surface area contributed by atoms with Gasteiger partial charge in [0.2, 0.25) is 0 Å². The molecule has 116 valence electrons. The number of ether oxygens (including phenoxy) is 2. The number of hydrogen-bond acceptors (Lipinski definition) is 5. The van der Waals surface area contributed by atoms with E-state index in [1.165, 1.54) is 13.8 Å². The largest absolute Gasteiger partial charge is 0.460 e. The van der Waals surface area contributed by atoms with E-state index in [2.05, 4.69) is 0 Å². The van der Waals surface area contributed by atoms with Gasteiger partial charge in [0.25, 0.3) is 0 Å². The summed E-state index contributed by atoms with van der Waals surface area (Å²) in [6.45, 7) is 8.31. The topological polar surface area (TPSA) is 72.8 Å². The Kier molecular flexibility index (Phi) is 5.33.